The van der Waals surface area contributed by atoms with Crippen molar-refractivity contribution in [3.05, 3.63) is 29.8 Å². The molecule has 1 aromatic rings. The quantitative estimate of drug-likeness (QED) is 0.263. The lowest BCUT2D eigenvalue weighted by atomic mass is 9.99. The lowest BCUT2D eigenvalue weighted by Crippen LogP contribution is -2.40. The molecule has 0 radical (unpaired) electrons. The van der Waals surface area contributed by atoms with E-state index in [2.05, 4.69) is 39.6 Å². The maximum absolute atomic E-state index is 5.18. The third-order valence-electron chi connectivity index (χ3n) is 4.91. The lowest BCUT2D eigenvalue weighted by Gasteiger charge is -2.30. The number of aliphatic imine (C=N–C) groups is 1. The molecule has 6 heteroatoms. The molecule has 0 unspecified atom stereocenters. The third kappa shape index (κ3) is 8.58. The zero-order valence-corrected chi connectivity index (χ0v) is 18.8. The Bertz CT molecular complexity index is 513. The summed E-state index contributed by atoms with van der Waals surface area (Å²) >= 11 is 0. The van der Waals surface area contributed by atoms with Crippen LogP contribution in [0.3, 0.4) is 0 Å². The first kappa shape index (κ1) is 23.0. The first-order valence-corrected chi connectivity index (χ1v) is 9.51. The van der Waals surface area contributed by atoms with E-state index >= 15 is 0 Å². The van der Waals surface area contributed by atoms with Gasteiger partial charge in [0.25, 0.3) is 0 Å². The summed E-state index contributed by atoms with van der Waals surface area (Å²) in [5.41, 5.74) is 1.29. The standard InChI is InChI=1S/C20H34N4O.HI/c1-17-10-15-24(16-11-17)14-4-12-22-20(21-2)23-13-9-18-5-7-19(25-3)8-6-18;/h5-8,17H,4,9-16H2,1-3H3,(H2,21,22,23);1H. The summed E-state index contributed by atoms with van der Waals surface area (Å²) in [6.07, 6.45) is 4.83. The second-order valence-corrected chi connectivity index (χ2v) is 6.90. The van der Waals surface area contributed by atoms with E-state index in [1.807, 2.05) is 19.2 Å². The topological polar surface area (TPSA) is 48.9 Å². The normalized spacial score (nSPS) is 16.0. The van der Waals surface area contributed by atoms with Gasteiger partial charge in [-0.2, -0.15) is 0 Å². The smallest absolute Gasteiger partial charge is 0.190 e. The number of rotatable bonds is 8. The van der Waals surface area contributed by atoms with Crippen molar-refractivity contribution >= 4 is 29.9 Å². The number of hydrogen-bond acceptors (Lipinski definition) is 3. The number of piperidine rings is 1. The highest BCUT2D eigenvalue weighted by Gasteiger charge is 2.14. The van der Waals surface area contributed by atoms with Gasteiger partial charge in [0.05, 0.1) is 7.11 Å². The molecule has 0 bridgehead atoms. The summed E-state index contributed by atoms with van der Waals surface area (Å²) in [6, 6.07) is 8.22. The Morgan fingerprint density at radius 3 is 2.42 bits per heavy atom. The number of benzene rings is 1. The minimum atomic E-state index is 0. The predicted molar refractivity (Wildman–Crippen MR) is 121 cm³/mol. The lowest BCUT2D eigenvalue weighted by molar-refractivity contribution is 0.191. The summed E-state index contributed by atoms with van der Waals surface area (Å²) in [5.74, 6) is 2.70. The van der Waals surface area contributed by atoms with Gasteiger partial charge in [0.15, 0.2) is 5.96 Å². The Balaban J connectivity index is 0.00000338. The molecule has 1 heterocycles. The van der Waals surface area contributed by atoms with E-state index in [0.717, 1.165) is 43.6 Å². The molecular weight excluding hydrogens is 439 g/mol. The predicted octanol–water partition coefficient (Wildman–Crippen LogP) is 3.14. The number of nitrogens with zero attached hydrogens (tertiary/aromatic N) is 2. The van der Waals surface area contributed by atoms with Crippen molar-refractivity contribution in [1.29, 1.82) is 0 Å². The molecule has 1 saturated heterocycles. The van der Waals surface area contributed by atoms with E-state index in [4.69, 9.17) is 4.74 Å². The molecule has 0 aliphatic carbocycles. The van der Waals surface area contributed by atoms with E-state index in [1.54, 1.807) is 7.11 Å². The molecule has 0 amide bonds. The summed E-state index contributed by atoms with van der Waals surface area (Å²) in [5, 5.41) is 6.80. The van der Waals surface area contributed by atoms with Crippen LogP contribution in [-0.2, 0) is 6.42 Å². The number of guanidine groups is 1. The third-order valence-corrected chi connectivity index (χ3v) is 4.91. The molecular formula is C20H35IN4O. The molecule has 0 saturated carbocycles. The van der Waals surface area contributed by atoms with E-state index in [9.17, 15) is 0 Å². The van der Waals surface area contributed by atoms with Crippen molar-refractivity contribution in [2.45, 2.75) is 32.6 Å². The van der Waals surface area contributed by atoms with Crippen molar-refractivity contribution in [3.8, 4) is 5.75 Å². The van der Waals surface area contributed by atoms with Gasteiger partial charge in [-0.3, -0.25) is 4.99 Å². The maximum atomic E-state index is 5.18. The summed E-state index contributed by atoms with van der Waals surface area (Å²) < 4.78 is 5.18. The van der Waals surface area contributed by atoms with Crippen LogP contribution in [0, 0.1) is 5.92 Å². The van der Waals surface area contributed by atoms with Gasteiger partial charge in [-0.05, 0) is 68.9 Å². The highest BCUT2D eigenvalue weighted by atomic mass is 127. The largest absolute Gasteiger partial charge is 0.497 e. The number of methoxy groups -OCH3 is 1. The van der Waals surface area contributed by atoms with Crippen LogP contribution in [0.15, 0.2) is 29.3 Å². The second-order valence-electron chi connectivity index (χ2n) is 6.90. The Kier molecular flexibility index (Phi) is 11.7. The molecule has 1 aliphatic rings. The van der Waals surface area contributed by atoms with Gasteiger partial charge < -0.3 is 20.3 Å². The van der Waals surface area contributed by atoms with Crippen molar-refractivity contribution in [3.63, 3.8) is 0 Å². The van der Waals surface area contributed by atoms with E-state index < -0.39 is 0 Å². The van der Waals surface area contributed by atoms with Gasteiger partial charge in [-0.25, -0.2) is 0 Å². The molecule has 1 aromatic carbocycles. The van der Waals surface area contributed by atoms with Crippen molar-refractivity contribution in [2.24, 2.45) is 10.9 Å². The first-order chi connectivity index (χ1) is 12.2. The zero-order chi connectivity index (χ0) is 17.9. The van der Waals surface area contributed by atoms with Gasteiger partial charge >= 0.3 is 0 Å². The molecule has 2 N–H and O–H groups in total. The van der Waals surface area contributed by atoms with Gasteiger partial charge in [0.2, 0.25) is 0 Å². The fourth-order valence-corrected chi connectivity index (χ4v) is 3.13. The first-order valence-electron chi connectivity index (χ1n) is 9.51. The molecule has 26 heavy (non-hydrogen) atoms. The van der Waals surface area contributed by atoms with Crippen molar-refractivity contribution in [2.75, 3.05) is 46.9 Å². The van der Waals surface area contributed by atoms with Crippen LogP contribution < -0.4 is 15.4 Å². The number of halogens is 1. The van der Waals surface area contributed by atoms with Crippen LogP contribution in [0.5, 0.6) is 5.75 Å². The molecule has 1 aliphatic heterocycles. The molecule has 2 rings (SSSR count). The van der Waals surface area contributed by atoms with Crippen LogP contribution in [0.25, 0.3) is 0 Å². The molecule has 0 spiro atoms. The van der Waals surface area contributed by atoms with Crippen LogP contribution in [0.1, 0.15) is 31.7 Å². The van der Waals surface area contributed by atoms with E-state index in [-0.39, 0.29) is 24.0 Å². The summed E-state index contributed by atoms with van der Waals surface area (Å²) in [4.78, 5) is 6.89. The number of hydrogen-bond donors (Lipinski definition) is 2. The van der Waals surface area contributed by atoms with Crippen LogP contribution >= 0.6 is 24.0 Å². The molecule has 0 atom stereocenters. The van der Waals surface area contributed by atoms with Gasteiger partial charge in [0.1, 0.15) is 5.75 Å². The average molecular weight is 474 g/mol. The number of likely N-dealkylation sites (tertiary alicyclic amines) is 1. The minimum Gasteiger partial charge on any atom is -0.497 e. The Morgan fingerprint density at radius 2 is 1.81 bits per heavy atom. The number of ether oxygens (including phenoxy) is 1. The molecule has 0 aromatic heterocycles. The highest BCUT2D eigenvalue weighted by molar-refractivity contribution is 14.0. The molecule has 148 valence electrons. The fraction of sp³-hybridized carbons (Fsp3) is 0.650. The second kappa shape index (κ2) is 13.2. The van der Waals surface area contributed by atoms with Crippen molar-refractivity contribution < 1.29 is 4.74 Å². The van der Waals surface area contributed by atoms with Crippen LogP contribution in [0.4, 0.5) is 0 Å². The van der Waals surface area contributed by atoms with E-state index in [1.165, 1.54) is 38.0 Å². The zero-order valence-electron chi connectivity index (χ0n) is 16.5. The molecule has 1 fully saturated rings. The van der Waals surface area contributed by atoms with Gasteiger partial charge in [-0.1, -0.05) is 19.1 Å². The Morgan fingerprint density at radius 1 is 1.15 bits per heavy atom. The number of nitrogens with one attached hydrogen (secondary N) is 2. The summed E-state index contributed by atoms with van der Waals surface area (Å²) in [6.45, 7) is 7.90. The Labute approximate surface area is 176 Å². The van der Waals surface area contributed by atoms with Gasteiger partial charge in [0, 0.05) is 20.1 Å². The van der Waals surface area contributed by atoms with Crippen LogP contribution in [0.2, 0.25) is 0 Å². The van der Waals surface area contributed by atoms with Crippen molar-refractivity contribution in [1.82, 2.24) is 15.5 Å². The fourth-order valence-electron chi connectivity index (χ4n) is 3.13. The maximum Gasteiger partial charge on any atom is 0.190 e. The average Bonchev–Trinajstić information content (AvgIpc) is 2.65. The SMILES string of the molecule is CN=C(NCCCN1CCC(C)CC1)NCCc1ccc(OC)cc1.I. The monoisotopic (exact) mass is 474 g/mol. The van der Waals surface area contributed by atoms with E-state index in [0.29, 0.717) is 0 Å². The Hall–Kier alpha value is -1.02. The summed E-state index contributed by atoms with van der Waals surface area (Å²) in [7, 11) is 3.52. The molecule has 5 nitrogen and oxygen atoms in total. The highest BCUT2D eigenvalue weighted by Crippen LogP contribution is 2.15. The van der Waals surface area contributed by atoms with Crippen LogP contribution in [-0.4, -0.2) is 57.7 Å². The van der Waals surface area contributed by atoms with Gasteiger partial charge in [-0.15, -0.1) is 24.0 Å². The minimum absolute atomic E-state index is 0.